The van der Waals surface area contributed by atoms with Crippen molar-refractivity contribution < 1.29 is 5.11 Å². The molecule has 2 N–H and O–H groups in total. The minimum Gasteiger partial charge on any atom is -0.395 e. The fraction of sp³-hybridized carbons (Fsp3) is 0.500. The number of aliphatic hydroxyl groups excluding tert-OH is 1. The largest absolute Gasteiger partial charge is 0.395 e. The number of fused-ring (bicyclic) bond motifs is 1. The molecule has 0 radical (unpaired) electrons. The highest BCUT2D eigenvalue weighted by atomic mass is 35.5. The number of nitrogens with one attached hydrogen (secondary N) is 1. The van der Waals surface area contributed by atoms with E-state index in [-0.39, 0.29) is 12.6 Å². The molecule has 0 aliphatic carbocycles. The first kappa shape index (κ1) is 23.5. The molecule has 34 heavy (non-hydrogen) atoms. The average Bonchev–Trinajstić information content (AvgIpc) is 2.78. The van der Waals surface area contributed by atoms with Crippen molar-refractivity contribution in [2.75, 3.05) is 49.5 Å². The van der Waals surface area contributed by atoms with Crippen molar-refractivity contribution in [1.29, 1.82) is 0 Å². The summed E-state index contributed by atoms with van der Waals surface area (Å²) < 4.78 is 0. The third-order valence-corrected chi connectivity index (χ3v) is 7.51. The number of anilines is 2. The summed E-state index contributed by atoms with van der Waals surface area (Å²) in [6.45, 7) is 7.07. The van der Waals surface area contributed by atoms with Gasteiger partial charge >= 0.3 is 0 Å². The molecule has 2 atom stereocenters. The highest BCUT2D eigenvalue weighted by Gasteiger charge is 2.37. The summed E-state index contributed by atoms with van der Waals surface area (Å²) >= 11 is 12.5. The quantitative estimate of drug-likeness (QED) is 0.501. The second-order valence-corrected chi connectivity index (χ2v) is 10.1. The summed E-state index contributed by atoms with van der Waals surface area (Å²) in [7, 11) is 0. The Labute approximate surface area is 209 Å². The van der Waals surface area contributed by atoms with Crippen molar-refractivity contribution in [2.24, 2.45) is 11.8 Å². The molecule has 0 bridgehead atoms. The Bertz CT molecular complexity index is 1160. The van der Waals surface area contributed by atoms with Crippen LogP contribution in [0.25, 0.3) is 11.0 Å². The fourth-order valence-corrected chi connectivity index (χ4v) is 5.62. The molecule has 2 saturated heterocycles. The van der Waals surface area contributed by atoms with Crippen LogP contribution in [0, 0.1) is 11.8 Å². The van der Waals surface area contributed by atoms with Crippen LogP contribution in [0.15, 0.2) is 30.7 Å². The highest BCUT2D eigenvalue weighted by molar-refractivity contribution is 6.35. The van der Waals surface area contributed by atoms with Crippen LogP contribution in [0.4, 0.5) is 11.8 Å². The lowest BCUT2D eigenvalue weighted by Crippen LogP contribution is -2.54. The van der Waals surface area contributed by atoms with E-state index < -0.39 is 0 Å². The molecular formula is C24H29Cl2N7O. The van der Waals surface area contributed by atoms with Gasteiger partial charge in [-0.05, 0) is 55.8 Å². The van der Waals surface area contributed by atoms with E-state index >= 15 is 0 Å². The zero-order chi connectivity index (χ0) is 23.7. The van der Waals surface area contributed by atoms with Gasteiger partial charge in [0.25, 0.3) is 0 Å². The SMILES string of the molecule is C[C@@H](Nc1nc(N2CC(C3CCCN(CCO)C3)C2)nc2cncnc12)c1ccc(Cl)cc1Cl. The molecule has 0 amide bonds. The number of benzene rings is 1. The van der Waals surface area contributed by atoms with Gasteiger partial charge in [-0.3, -0.25) is 0 Å². The van der Waals surface area contributed by atoms with Crippen molar-refractivity contribution in [1.82, 2.24) is 24.8 Å². The molecule has 3 aromatic rings. The second kappa shape index (κ2) is 10.2. The Kier molecular flexibility index (Phi) is 7.01. The fourth-order valence-electron chi connectivity index (χ4n) is 5.04. The van der Waals surface area contributed by atoms with Crippen LogP contribution in [0.5, 0.6) is 0 Å². The van der Waals surface area contributed by atoms with Gasteiger partial charge in [-0.25, -0.2) is 15.0 Å². The number of aromatic nitrogens is 4. The third-order valence-electron chi connectivity index (χ3n) is 6.95. The first-order valence-electron chi connectivity index (χ1n) is 11.8. The van der Waals surface area contributed by atoms with Crippen LogP contribution in [-0.4, -0.2) is 69.3 Å². The summed E-state index contributed by atoms with van der Waals surface area (Å²) in [5.74, 6) is 2.63. The Hall–Kier alpha value is -2.26. The van der Waals surface area contributed by atoms with Gasteiger partial charge < -0.3 is 20.2 Å². The van der Waals surface area contributed by atoms with Crippen LogP contribution in [-0.2, 0) is 0 Å². The van der Waals surface area contributed by atoms with Gasteiger partial charge in [-0.15, -0.1) is 0 Å². The molecule has 2 aromatic heterocycles. The molecule has 2 aliphatic heterocycles. The molecule has 10 heteroatoms. The van der Waals surface area contributed by atoms with E-state index in [1.54, 1.807) is 12.3 Å². The van der Waals surface area contributed by atoms with Crippen molar-refractivity contribution in [2.45, 2.75) is 25.8 Å². The maximum absolute atomic E-state index is 9.28. The van der Waals surface area contributed by atoms with E-state index in [4.69, 9.17) is 33.2 Å². The molecular weight excluding hydrogens is 473 g/mol. The number of hydrogen-bond donors (Lipinski definition) is 2. The average molecular weight is 502 g/mol. The van der Waals surface area contributed by atoms with Crippen LogP contribution < -0.4 is 10.2 Å². The molecule has 180 valence electrons. The minimum atomic E-state index is -0.102. The van der Waals surface area contributed by atoms with Gasteiger partial charge in [0, 0.05) is 36.2 Å². The smallest absolute Gasteiger partial charge is 0.228 e. The van der Waals surface area contributed by atoms with Crippen molar-refractivity contribution in [3.63, 3.8) is 0 Å². The first-order chi connectivity index (χ1) is 16.5. The lowest BCUT2D eigenvalue weighted by Gasteiger charge is -2.46. The predicted octanol–water partition coefficient (Wildman–Crippen LogP) is 4.04. The van der Waals surface area contributed by atoms with E-state index in [1.807, 2.05) is 19.1 Å². The molecule has 0 spiro atoms. The van der Waals surface area contributed by atoms with Gasteiger partial charge in [0.15, 0.2) is 5.82 Å². The van der Waals surface area contributed by atoms with E-state index in [0.717, 1.165) is 38.3 Å². The molecule has 8 nitrogen and oxygen atoms in total. The summed E-state index contributed by atoms with van der Waals surface area (Å²) in [5, 5.41) is 14.0. The van der Waals surface area contributed by atoms with Crippen LogP contribution in [0.3, 0.4) is 0 Å². The van der Waals surface area contributed by atoms with Gasteiger partial charge in [0.1, 0.15) is 17.4 Å². The third kappa shape index (κ3) is 4.91. The summed E-state index contributed by atoms with van der Waals surface area (Å²) in [6.07, 6.45) is 5.68. The summed E-state index contributed by atoms with van der Waals surface area (Å²) in [4.78, 5) is 22.8. The monoisotopic (exact) mass is 501 g/mol. The molecule has 5 rings (SSSR count). The van der Waals surface area contributed by atoms with Crippen molar-refractivity contribution >= 4 is 46.0 Å². The second-order valence-electron chi connectivity index (χ2n) is 9.25. The summed E-state index contributed by atoms with van der Waals surface area (Å²) in [6, 6.07) is 5.40. The molecule has 1 unspecified atom stereocenters. The Morgan fingerprint density at radius 1 is 1.18 bits per heavy atom. The van der Waals surface area contributed by atoms with Crippen molar-refractivity contribution in [3.05, 3.63) is 46.3 Å². The van der Waals surface area contributed by atoms with E-state index in [0.29, 0.717) is 44.7 Å². The summed E-state index contributed by atoms with van der Waals surface area (Å²) in [5.41, 5.74) is 2.32. The number of halogens is 2. The number of rotatable bonds is 7. The van der Waals surface area contributed by atoms with Gasteiger partial charge in [-0.2, -0.15) is 4.98 Å². The Balaban J connectivity index is 1.33. The number of β-amino-alcohol motifs (C(OH)–C–C–N with tert-alkyl or cyclic N) is 1. The molecule has 1 aromatic carbocycles. The Morgan fingerprint density at radius 2 is 2.03 bits per heavy atom. The van der Waals surface area contributed by atoms with E-state index in [1.165, 1.54) is 19.2 Å². The van der Waals surface area contributed by atoms with Crippen LogP contribution >= 0.6 is 23.2 Å². The number of hydrogen-bond acceptors (Lipinski definition) is 8. The molecule has 4 heterocycles. The predicted molar refractivity (Wildman–Crippen MR) is 136 cm³/mol. The highest BCUT2D eigenvalue weighted by Crippen LogP contribution is 2.35. The maximum atomic E-state index is 9.28. The first-order valence-corrected chi connectivity index (χ1v) is 12.5. The number of nitrogens with zero attached hydrogens (tertiary/aromatic N) is 6. The van der Waals surface area contributed by atoms with Crippen LogP contribution in [0.2, 0.25) is 10.0 Å². The molecule has 0 saturated carbocycles. The van der Waals surface area contributed by atoms with Gasteiger partial charge in [0.05, 0.1) is 18.8 Å². The molecule has 2 aliphatic rings. The minimum absolute atomic E-state index is 0.102. The number of aliphatic hydroxyl groups is 1. The maximum Gasteiger partial charge on any atom is 0.228 e. The van der Waals surface area contributed by atoms with Gasteiger partial charge in [-0.1, -0.05) is 29.3 Å². The normalized spacial score (nSPS) is 20.4. The number of likely N-dealkylation sites (tertiary alicyclic amines) is 1. The standard InChI is InChI=1S/C24H29Cl2N7O/c1-15(19-5-4-18(25)9-20(19)26)29-23-22-21(10-27-14-28-22)30-24(31-23)33-12-17(13-33)16-3-2-6-32(11-16)7-8-34/h4-5,9-10,14-17,34H,2-3,6-8,11-13H2,1H3,(H,29,30,31)/t15-,16?/m1/s1. The zero-order valence-electron chi connectivity index (χ0n) is 19.2. The molecule has 2 fully saturated rings. The van der Waals surface area contributed by atoms with E-state index in [2.05, 4.69) is 25.1 Å². The van der Waals surface area contributed by atoms with E-state index in [9.17, 15) is 5.11 Å². The van der Waals surface area contributed by atoms with Crippen molar-refractivity contribution in [3.8, 4) is 0 Å². The topological polar surface area (TPSA) is 90.3 Å². The number of piperidine rings is 1. The Morgan fingerprint density at radius 3 is 2.82 bits per heavy atom. The lowest BCUT2D eigenvalue weighted by molar-refractivity contribution is 0.101. The lowest BCUT2D eigenvalue weighted by atomic mass is 9.81. The van der Waals surface area contributed by atoms with Crippen LogP contribution in [0.1, 0.15) is 31.4 Å². The zero-order valence-corrected chi connectivity index (χ0v) is 20.7. The van der Waals surface area contributed by atoms with Gasteiger partial charge in [0.2, 0.25) is 5.95 Å².